The van der Waals surface area contributed by atoms with Crippen molar-refractivity contribution in [2.75, 3.05) is 22.4 Å². The van der Waals surface area contributed by atoms with Crippen LogP contribution < -0.4 is 15.2 Å². The van der Waals surface area contributed by atoms with Crippen molar-refractivity contribution in [1.82, 2.24) is 9.36 Å². The number of aryl methyl sites for hydroxylation is 1. The number of sulfonamides is 1. The standard InChI is InChI=1S/C22H24N4O4S/c1-15-20(22(28)26(24(15)2)18-9-5-4-6-10-18)23-21(27)17-11-12-19-16(14-17)8-7-13-25(19)31(3,29)30/h4-6,9-12,14H,7-8,13H2,1-3H3,(H,23,27). The van der Waals surface area contributed by atoms with Crippen LogP contribution in [0.15, 0.2) is 53.3 Å². The molecule has 1 aromatic heterocycles. The molecule has 0 radical (unpaired) electrons. The first-order valence-corrected chi connectivity index (χ1v) is 11.8. The predicted octanol–water partition coefficient (Wildman–Crippen LogP) is 2.45. The number of amides is 1. The quantitative estimate of drug-likeness (QED) is 0.674. The molecule has 0 fully saturated rings. The van der Waals surface area contributed by atoms with Crippen LogP contribution in [-0.4, -0.2) is 36.5 Å². The van der Waals surface area contributed by atoms with Crippen LogP contribution in [-0.2, 0) is 23.5 Å². The Morgan fingerprint density at radius 2 is 1.81 bits per heavy atom. The van der Waals surface area contributed by atoms with Gasteiger partial charge in [0.1, 0.15) is 5.69 Å². The number of hydrogen-bond acceptors (Lipinski definition) is 4. The summed E-state index contributed by atoms with van der Waals surface area (Å²) in [5.41, 5.74) is 3.01. The second-order valence-corrected chi connectivity index (χ2v) is 9.58. The van der Waals surface area contributed by atoms with Gasteiger partial charge in [0.2, 0.25) is 10.0 Å². The van der Waals surface area contributed by atoms with Crippen molar-refractivity contribution in [1.29, 1.82) is 0 Å². The maximum atomic E-state index is 13.0. The number of hydrogen-bond donors (Lipinski definition) is 1. The van der Waals surface area contributed by atoms with E-state index in [1.54, 1.807) is 36.9 Å². The summed E-state index contributed by atoms with van der Waals surface area (Å²) in [6, 6.07) is 14.2. The third kappa shape index (κ3) is 3.76. The van der Waals surface area contributed by atoms with Crippen molar-refractivity contribution in [3.05, 3.63) is 75.7 Å². The average molecular weight is 441 g/mol. The molecule has 1 aliphatic rings. The Kier molecular flexibility index (Phi) is 5.22. The minimum absolute atomic E-state index is 0.215. The first-order chi connectivity index (χ1) is 14.7. The van der Waals surface area contributed by atoms with Crippen LogP contribution >= 0.6 is 0 Å². The molecule has 0 aliphatic carbocycles. The van der Waals surface area contributed by atoms with Crippen LogP contribution in [0.1, 0.15) is 28.0 Å². The molecular formula is C22H24N4O4S. The van der Waals surface area contributed by atoms with Gasteiger partial charge in [0.25, 0.3) is 11.5 Å². The SMILES string of the molecule is Cc1c(NC(=O)c2ccc3c(c2)CCCN3S(C)(=O)=O)c(=O)n(-c2ccccc2)n1C. The molecule has 0 atom stereocenters. The second-order valence-electron chi connectivity index (χ2n) is 7.67. The molecule has 2 aromatic carbocycles. The fraction of sp³-hybridized carbons (Fsp3) is 0.273. The molecule has 9 heteroatoms. The van der Waals surface area contributed by atoms with E-state index in [1.807, 2.05) is 30.3 Å². The lowest BCUT2D eigenvalue weighted by Gasteiger charge is -2.29. The molecule has 31 heavy (non-hydrogen) atoms. The molecule has 1 N–H and O–H groups in total. The highest BCUT2D eigenvalue weighted by atomic mass is 32.2. The van der Waals surface area contributed by atoms with E-state index < -0.39 is 15.9 Å². The molecule has 0 bridgehead atoms. The Balaban J connectivity index is 1.67. The first kappa shape index (κ1) is 20.9. The van der Waals surface area contributed by atoms with Gasteiger partial charge in [-0.2, -0.15) is 0 Å². The molecule has 0 unspecified atom stereocenters. The van der Waals surface area contributed by atoms with Crippen LogP contribution in [0.4, 0.5) is 11.4 Å². The largest absolute Gasteiger partial charge is 0.316 e. The van der Waals surface area contributed by atoms with E-state index in [1.165, 1.54) is 15.2 Å². The van der Waals surface area contributed by atoms with Crippen LogP contribution in [0.5, 0.6) is 0 Å². The van der Waals surface area contributed by atoms with Crippen LogP contribution in [0.2, 0.25) is 0 Å². The molecule has 0 spiro atoms. The first-order valence-electron chi connectivity index (χ1n) is 9.94. The zero-order chi connectivity index (χ0) is 22.3. The highest BCUT2D eigenvalue weighted by Crippen LogP contribution is 2.30. The Labute approximate surface area is 180 Å². The van der Waals surface area contributed by atoms with E-state index in [2.05, 4.69) is 5.32 Å². The summed E-state index contributed by atoms with van der Waals surface area (Å²) in [7, 11) is -1.61. The number of nitrogens with zero attached hydrogens (tertiary/aromatic N) is 3. The van der Waals surface area contributed by atoms with Gasteiger partial charge in [0.05, 0.1) is 23.3 Å². The van der Waals surface area contributed by atoms with Gasteiger partial charge in [0.15, 0.2) is 0 Å². The minimum atomic E-state index is -3.37. The Morgan fingerprint density at radius 3 is 2.48 bits per heavy atom. The number of nitrogens with one attached hydrogen (secondary N) is 1. The average Bonchev–Trinajstić information content (AvgIpc) is 2.96. The van der Waals surface area contributed by atoms with E-state index in [0.717, 1.165) is 5.56 Å². The van der Waals surface area contributed by atoms with Gasteiger partial charge in [-0.15, -0.1) is 0 Å². The normalized spacial score (nSPS) is 13.7. The third-order valence-electron chi connectivity index (χ3n) is 5.61. The topological polar surface area (TPSA) is 93.4 Å². The van der Waals surface area contributed by atoms with Gasteiger partial charge >= 0.3 is 0 Å². The summed E-state index contributed by atoms with van der Waals surface area (Å²) in [5, 5.41) is 2.75. The molecule has 8 nitrogen and oxygen atoms in total. The summed E-state index contributed by atoms with van der Waals surface area (Å²) >= 11 is 0. The number of fused-ring (bicyclic) bond motifs is 1. The van der Waals surface area contributed by atoms with Gasteiger partial charge in [-0.1, -0.05) is 18.2 Å². The Bertz CT molecular complexity index is 1320. The monoisotopic (exact) mass is 440 g/mol. The van der Waals surface area contributed by atoms with E-state index in [-0.39, 0.29) is 11.2 Å². The third-order valence-corrected chi connectivity index (χ3v) is 6.79. The van der Waals surface area contributed by atoms with Crippen molar-refractivity contribution in [2.45, 2.75) is 19.8 Å². The van der Waals surface area contributed by atoms with E-state index in [4.69, 9.17) is 0 Å². The summed E-state index contributed by atoms with van der Waals surface area (Å²) in [6.45, 7) is 2.20. The van der Waals surface area contributed by atoms with Crippen LogP contribution in [0, 0.1) is 6.92 Å². The summed E-state index contributed by atoms with van der Waals surface area (Å²) in [4.78, 5) is 26.0. The molecule has 0 saturated carbocycles. The van der Waals surface area contributed by atoms with Gasteiger partial charge in [-0.3, -0.25) is 18.6 Å². The number of carbonyl (C=O) groups is 1. The molecule has 0 saturated heterocycles. The fourth-order valence-corrected chi connectivity index (χ4v) is 4.94. The van der Waals surface area contributed by atoms with Crippen molar-refractivity contribution >= 4 is 27.3 Å². The molecule has 3 aromatic rings. The lowest BCUT2D eigenvalue weighted by atomic mass is 10.0. The molecule has 4 rings (SSSR count). The minimum Gasteiger partial charge on any atom is -0.316 e. The van der Waals surface area contributed by atoms with E-state index in [0.29, 0.717) is 42.0 Å². The maximum Gasteiger partial charge on any atom is 0.295 e. The highest BCUT2D eigenvalue weighted by molar-refractivity contribution is 7.92. The molecule has 162 valence electrons. The highest BCUT2D eigenvalue weighted by Gasteiger charge is 2.25. The second kappa shape index (κ2) is 7.73. The molecular weight excluding hydrogens is 416 g/mol. The maximum absolute atomic E-state index is 13.0. The number of para-hydroxylation sites is 1. The van der Waals surface area contributed by atoms with Crippen molar-refractivity contribution in [3.63, 3.8) is 0 Å². The van der Waals surface area contributed by atoms with Crippen LogP contribution in [0.25, 0.3) is 5.69 Å². The van der Waals surface area contributed by atoms with Crippen LogP contribution in [0.3, 0.4) is 0 Å². The molecule has 1 aliphatic heterocycles. The van der Waals surface area contributed by atoms with E-state index in [9.17, 15) is 18.0 Å². The van der Waals surface area contributed by atoms with Gasteiger partial charge in [-0.25, -0.2) is 13.1 Å². The Hall–Kier alpha value is -3.33. The van der Waals surface area contributed by atoms with E-state index >= 15 is 0 Å². The zero-order valence-electron chi connectivity index (χ0n) is 17.6. The fourth-order valence-electron chi connectivity index (χ4n) is 3.95. The predicted molar refractivity (Wildman–Crippen MR) is 121 cm³/mol. The number of rotatable bonds is 4. The van der Waals surface area contributed by atoms with Gasteiger partial charge < -0.3 is 5.32 Å². The summed E-state index contributed by atoms with van der Waals surface area (Å²) in [5.74, 6) is -0.412. The van der Waals surface area contributed by atoms with Crippen molar-refractivity contribution < 1.29 is 13.2 Å². The smallest absolute Gasteiger partial charge is 0.295 e. The number of carbonyl (C=O) groups excluding carboxylic acids is 1. The number of aromatic nitrogens is 2. The molecule has 2 heterocycles. The summed E-state index contributed by atoms with van der Waals surface area (Å²) in [6.07, 6.45) is 2.55. The Morgan fingerprint density at radius 1 is 1.10 bits per heavy atom. The molecule has 1 amide bonds. The van der Waals surface area contributed by atoms with Crippen molar-refractivity contribution in [2.24, 2.45) is 7.05 Å². The number of anilines is 2. The van der Waals surface area contributed by atoms with Gasteiger partial charge in [-0.05, 0) is 55.7 Å². The number of benzene rings is 2. The lowest BCUT2D eigenvalue weighted by molar-refractivity contribution is 0.102. The van der Waals surface area contributed by atoms with Crippen molar-refractivity contribution in [3.8, 4) is 5.69 Å². The summed E-state index contributed by atoms with van der Waals surface area (Å²) < 4.78 is 28.7. The zero-order valence-corrected chi connectivity index (χ0v) is 18.4. The van der Waals surface area contributed by atoms with Gasteiger partial charge in [0, 0.05) is 19.2 Å². The lowest BCUT2D eigenvalue weighted by Crippen LogP contribution is -2.34.